The number of nitrogens with zero attached hydrogens (tertiary/aromatic N) is 6. The van der Waals surface area contributed by atoms with Crippen molar-refractivity contribution in [2.24, 2.45) is 0 Å². The second-order valence-corrected chi connectivity index (χ2v) is 7.99. The smallest absolute Gasteiger partial charge is 0.227 e. The van der Waals surface area contributed by atoms with Crippen LogP contribution in [0.25, 0.3) is 0 Å². The van der Waals surface area contributed by atoms with E-state index in [2.05, 4.69) is 59.8 Å². The number of likely N-dealkylation sites (N-methyl/N-ethyl adjacent to an activating group) is 1. The SMILES string of the molecule is CN(c1ccnc(N2CCOCC2)n1)C1CCN(Cc2ccc(Br)cn2)C1. The molecule has 0 saturated carbocycles. The third-order valence-corrected chi connectivity index (χ3v) is 5.72. The zero-order valence-corrected chi connectivity index (χ0v) is 17.2. The van der Waals surface area contributed by atoms with Crippen LogP contribution in [0.15, 0.2) is 35.1 Å². The van der Waals surface area contributed by atoms with Crippen molar-refractivity contribution in [3.05, 3.63) is 40.8 Å². The molecule has 4 rings (SSSR count). The third-order valence-electron chi connectivity index (χ3n) is 5.25. The van der Waals surface area contributed by atoms with Crippen molar-refractivity contribution in [1.29, 1.82) is 0 Å². The molecule has 27 heavy (non-hydrogen) atoms. The van der Waals surface area contributed by atoms with Crippen LogP contribution in [0.4, 0.5) is 11.8 Å². The number of halogens is 1. The van der Waals surface area contributed by atoms with Crippen LogP contribution in [0.2, 0.25) is 0 Å². The fourth-order valence-electron chi connectivity index (χ4n) is 3.64. The lowest BCUT2D eigenvalue weighted by molar-refractivity contribution is 0.122. The van der Waals surface area contributed by atoms with Crippen LogP contribution in [-0.2, 0) is 11.3 Å². The van der Waals surface area contributed by atoms with Crippen LogP contribution >= 0.6 is 15.9 Å². The van der Waals surface area contributed by atoms with Gasteiger partial charge in [0, 0.05) is 62.7 Å². The number of morpholine rings is 1. The molecule has 0 aliphatic carbocycles. The first-order chi connectivity index (χ1) is 13.2. The maximum absolute atomic E-state index is 5.43. The van der Waals surface area contributed by atoms with Gasteiger partial charge in [-0.3, -0.25) is 9.88 Å². The first-order valence-corrected chi connectivity index (χ1v) is 10.2. The van der Waals surface area contributed by atoms with Gasteiger partial charge >= 0.3 is 0 Å². The number of anilines is 2. The normalized spacial score (nSPS) is 20.8. The lowest BCUT2D eigenvalue weighted by Crippen LogP contribution is -2.38. The summed E-state index contributed by atoms with van der Waals surface area (Å²) >= 11 is 3.44. The molecule has 2 aromatic heterocycles. The molecule has 1 atom stereocenters. The molecule has 0 aromatic carbocycles. The Morgan fingerprint density at radius 2 is 2.04 bits per heavy atom. The Morgan fingerprint density at radius 1 is 1.19 bits per heavy atom. The first kappa shape index (κ1) is 18.6. The van der Waals surface area contributed by atoms with Crippen LogP contribution in [0.3, 0.4) is 0 Å². The first-order valence-electron chi connectivity index (χ1n) is 9.40. The van der Waals surface area contributed by atoms with Crippen molar-refractivity contribution in [1.82, 2.24) is 19.9 Å². The van der Waals surface area contributed by atoms with Crippen molar-refractivity contribution in [2.45, 2.75) is 19.0 Å². The zero-order chi connectivity index (χ0) is 18.6. The van der Waals surface area contributed by atoms with Gasteiger partial charge in [-0.2, -0.15) is 4.98 Å². The van der Waals surface area contributed by atoms with Crippen LogP contribution in [0.1, 0.15) is 12.1 Å². The highest BCUT2D eigenvalue weighted by atomic mass is 79.9. The molecule has 0 amide bonds. The number of ether oxygens (including phenoxy) is 1. The largest absolute Gasteiger partial charge is 0.378 e. The summed E-state index contributed by atoms with van der Waals surface area (Å²) in [6.45, 7) is 6.17. The molecule has 2 fully saturated rings. The number of hydrogen-bond acceptors (Lipinski definition) is 7. The Bertz CT molecular complexity index is 752. The lowest BCUT2D eigenvalue weighted by Gasteiger charge is -2.29. The van der Waals surface area contributed by atoms with Gasteiger partial charge in [0.25, 0.3) is 0 Å². The number of aromatic nitrogens is 3. The van der Waals surface area contributed by atoms with Crippen LogP contribution < -0.4 is 9.80 Å². The molecule has 2 saturated heterocycles. The van der Waals surface area contributed by atoms with Gasteiger partial charge in [0.2, 0.25) is 5.95 Å². The molecule has 0 radical (unpaired) electrons. The summed E-state index contributed by atoms with van der Waals surface area (Å²) in [5, 5.41) is 0. The Labute approximate surface area is 168 Å². The summed E-state index contributed by atoms with van der Waals surface area (Å²) in [4.78, 5) is 20.7. The number of rotatable bonds is 5. The van der Waals surface area contributed by atoms with Crippen molar-refractivity contribution in [2.75, 3.05) is 56.2 Å². The van der Waals surface area contributed by atoms with E-state index in [4.69, 9.17) is 9.72 Å². The van der Waals surface area contributed by atoms with E-state index >= 15 is 0 Å². The Kier molecular flexibility index (Phi) is 5.85. The van der Waals surface area contributed by atoms with E-state index in [-0.39, 0.29) is 0 Å². The molecule has 7 nitrogen and oxygen atoms in total. The minimum absolute atomic E-state index is 0.452. The molecule has 2 aliphatic heterocycles. The molecule has 8 heteroatoms. The molecule has 0 spiro atoms. The summed E-state index contributed by atoms with van der Waals surface area (Å²) < 4.78 is 6.45. The number of pyridine rings is 1. The summed E-state index contributed by atoms with van der Waals surface area (Å²) in [6, 6.07) is 6.59. The highest BCUT2D eigenvalue weighted by Gasteiger charge is 2.27. The molecule has 144 valence electrons. The predicted octanol–water partition coefficient (Wildman–Crippen LogP) is 2.18. The van der Waals surface area contributed by atoms with E-state index in [1.807, 2.05) is 18.5 Å². The van der Waals surface area contributed by atoms with Gasteiger partial charge in [0.05, 0.1) is 18.9 Å². The molecular weight excluding hydrogens is 408 g/mol. The average Bonchev–Trinajstić information content (AvgIpc) is 3.18. The van der Waals surface area contributed by atoms with E-state index in [0.29, 0.717) is 6.04 Å². The van der Waals surface area contributed by atoms with Gasteiger partial charge in [0.1, 0.15) is 5.82 Å². The summed E-state index contributed by atoms with van der Waals surface area (Å²) in [6.07, 6.45) is 4.86. The molecular formula is C19H25BrN6O. The summed E-state index contributed by atoms with van der Waals surface area (Å²) in [5.41, 5.74) is 1.11. The quantitative estimate of drug-likeness (QED) is 0.717. The predicted molar refractivity (Wildman–Crippen MR) is 109 cm³/mol. The van der Waals surface area contributed by atoms with Gasteiger partial charge < -0.3 is 14.5 Å². The molecule has 2 aromatic rings. The van der Waals surface area contributed by atoms with Crippen molar-refractivity contribution in [3.63, 3.8) is 0 Å². The maximum Gasteiger partial charge on any atom is 0.227 e. The van der Waals surface area contributed by atoms with E-state index in [1.54, 1.807) is 0 Å². The molecule has 1 unspecified atom stereocenters. The second-order valence-electron chi connectivity index (χ2n) is 7.07. The van der Waals surface area contributed by atoms with Crippen LogP contribution in [0.5, 0.6) is 0 Å². The topological polar surface area (TPSA) is 57.6 Å². The van der Waals surface area contributed by atoms with Gasteiger partial charge in [-0.05, 0) is 40.5 Å². The standard InChI is InChI=1S/C19H25BrN6O/c1-24(18-4-6-21-19(23-18)26-8-10-27-11-9-26)17-5-7-25(14-17)13-16-3-2-15(20)12-22-16/h2-4,6,12,17H,5,7-11,13-14H2,1H3. The van der Waals surface area contributed by atoms with Crippen LogP contribution in [0, 0.1) is 0 Å². The third kappa shape index (κ3) is 4.56. The highest BCUT2D eigenvalue weighted by Crippen LogP contribution is 2.23. The van der Waals surface area contributed by atoms with Gasteiger partial charge in [-0.25, -0.2) is 4.98 Å². The Hall–Kier alpha value is -1.77. The zero-order valence-electron chi connectivity index (χ0n) is 15.6. The second kappa shape index (κ2) is 8.50. The van der Waals surface area contributed by atoms with Crippen molar-refractivity contribution >= 4 is 27.7 Å². The van der Waals surface area contributed by atoms with E-state index in [1.165, 1.54) is 0 Å². The van der Waals surface area contributed by atoms with Gasteiger partial charge in [-0.15, -0.1) is 0 Å². The van der Waals surface area contributed by atoms with Gasteiger partial charge in [0.15, 0.2) is 0 Å². The summed E-state index contributed by atoms with van der Waals surface area (Å²) in [5.74, 6) is 1.79. The highest BCUT2D eigenvalue weighted by molar-refractivity contribution is 9.10. The maximum atomic E-state index is 5.43. The fourth-order valence-corrected chi connectivity index (χ4v) is 3.87. The monoisotopic (exact) mass is 432 g/mol. The lowest BCUT2D eigenvalue weighted by atomic mass is 10.2. The minimum atomic E-state index is 0.452. The molecule has 0 N–H and O–H groups in total. The van der Waals surface area contributed by atoms with E-state index < -0.39 is 0 Å². The number of likely N-dealkylation sites (tertiary alicyclic amines) is 1. The van der Waals surface area contributed by atoms with Gasteiger partial charge in [-0.1, -0.05) is 0 Å². The van der Waals surface area contributed by atoms with Crippen molar-refractivity contribution < 1.29 is 4.74 Å². The Morgan fingerprint density at radius 3 is 2.81 bits per heavy atom. The number of hydrogen-bond donors (Lipinski definition) is 0. The average molecular weight is 433 g/mol. The van der Waals surface area contributed by atoms with E-state index in [0.717, 1.165) is 74.3 Å². The fraction of sp³-hybridized carbons (Fsp3) is 0.526. The molecule has 0 bridgehead atoms. The van der Waals surface area contributed by atoms with Crippen molar-refractivity contribution in [3.8, 4) is 0 Å². The summed E-state index contributed by atoms with van der Waals surface area (Å²) in [7, 11) is 2.14. The Balaban J connectivity index is 1.38. The van der Waals surface area contributed by atoms with Crippen LogP contribution in [-0.4, -0.2) is 72.3 Å². The van der Waals surface area contributed by atoms with E-state index in [9.17, 15) is 0 Å². The minimum Gasteiger partial charge on any atom is -0.378 e. The molecule has 2 aliphatic rings. The molecule has 4 heterocycles.